The summed E-state index contributed by atoms with van der Waals surface area (Å²) in [5.74, 6) is -0.513. The van der Waals surface area contributed by atoms with E-state index in [4.69, 9.17) is 14.6 Å². The largest absolute Gasteiger partial charge is 0.493 e. The van der Waals surface area contributed by atoms with Gasteiger partial charge in [-0.15, -0.1) is 0 Å². The van der Waals surface area contributed by atoms with Crippen LogP contribution in [0.15, 0.2) is 54.6 Å². The normalized spacial score (nSPS) is 13.2. The van der Waals surface area contributed by atoms with E-state index >= 15 is 0 Å². The molecule has 9 heteroatoms. The number of nitrogens with zero attached hydrogens (tertiary/aromatic N) is 3. The molecule has 1 aliphatic rings. The molecule has 0 aliphatic carbocycles. The van der Waals surface area contributed by atoms with Gasteiger partial charge in [0, 0.05) is 47.8 Å². The highest BCUT2D eigenvalue weighted by Crippen LogP contribution is 2.39. The lowest BCUT2D eigenvalue weighted by Gasteiger charge is -2.12. The molecule has 3 aromatic carbocycles. The maximum atomic E-state index is 13.7. The van der Waals surface area contributed by atoms with Crippen LogP contribution in [0.5, 0.6) is 5.75 Å². The second-order valence-electron chi connectivity index (χ2n) is 11.5. The van der Waals surface area contributed by atoms with Crippen molar-refractivity contribution in [2.75, 3.05) is 26.3 Å². The van der Waals surface area contributed by atoms with Gasteiger partial charge in [0.15, 0.2) is 0 Å². The van der Waals surface area contributed by atoms with Gasteiger partial charge in [0.05, 0.1) is 24.4 Å². The van der Waals surface area contributed by atoms with E-state index in [1.807, 2.05) is 46.6 Å². The number of hydrogen-bond donors (Lipinski definition) is 2. The highest BCUT2D eigenvalue weighted by molar-refractivity contribution is 6.04. The zero-order chi connectivity index (χ0) is 32.6. The maximum absolute atomic E-state index is 13.7. The zero-order valence-corrected chi connectivity index (χ0v) is 27.4. The molecule has 1 aliphatic heterocycles. The smallest absolute Gasteiger partial charge is 0.352 e. The first kappa shape index (κ1) is 33.2. The standard InChI is InChI=1S/C33H34FN3O4.C4H11N/c1-3-28-30-26-11-7-10-24-25(12-8-18-41-29-13-6-9-21-19-22(34)14-15-23(21)29)32(33(38)39)37(31(24)26)16-4-5-17-40-20-27(30)35-36(28)2;1-3-5-4-2/h6-7,9-11,13-15,19H,3-5,8,12,16-18,20H2,1-2H3,(H,38,39);5H,3-4H2,1-2H3. The van der Waals surface area contributed by atoms with Gasteiger partial charge in [-0.2, -0.15) is 5.10 Å². The van der Waals surface area contributed by atoms with E-state index in [-0.39, 0.29) is 5.82 Å². The molecule has 0 atom stereocenters. The Bertz CT molecular complexity index is 1810. The Morgan fingerprint density at radius 3 is 2.61 bits per heavy atom. The van der Waals surface area contributed by atoms with E-state index < -0.39 is 5.97 Å². The lowest BCUT2D eigenvalue weighted by molar-refractivity contribution is 0.0683. The summed E-state index contributed by atoms with van der Waals surface area (Å²) in [6.07, 6.45) is 3.63. The minimum Gasteiger partial charge on any atom is -0.493 e. The number of benzene rings is 3. The predicted molar refractivity (Wildman–Crippen MR) is 181 cm³/mol. The number of halogens is 1. The van der Waals surface area contributed by atoms with Crippen molar-refractivity contribution in [3.05, 3.63) is 83.1 Å². The Kier molecular flexibility index (Phi) is 11.1. The van der Waals surface area contributed by atoms with Crippen LogP contribution in [0.25, 0.3) is 32.8 Å². The van der Waals surface area contributed by atoms with Crippen LogP contribution in [0.1, 0.15) is 67.5 Å². The summed E-state index contributed by atoms with van der Waals surface area (Å²) < 4.78 is 29.7. The molecule has 2 aromatic heterocycles. The molecule has 6 rings (SSSR count). The first-order chi connectivity index (χ1) is 22.4. The van der Waals surface area contributed by atoms with Crippen molar-refractivity contribution in [2.45, 2.75) is 66.0 Å². The molecule has 8 nitrogen and oxygen atoms in total. The van der Waals surface area contributed by atoms with E-state index in [0.717, 1.165) is 82.1 Å². The maximum Gasteiger partial charge on any atom is 0.352 e. The van der Waals surface area contributed by atoms with Crippen LogP contribution < -0.4 is 10.1 Å². The Morgan fingerprint density at radius 2 is 1.87 bits per heavy atom. The molecule has 3 heterocycles. The second kappa shape index (κ2) is 15.4. The number of aryl methyl sites for hydroxylation is 3. The van der Waals surface area contributed by atoms with Crippen molar-refractivity contribution >= 4 is 27.6 Å². The van der Waals surface area contributed by atoms with Crippen molar-refractivity contribution < 1.29 is 23.8 Å². The van der Waals surface area contributed by atoms with Gasteiger partial charge >= 0.3 is 5.97 Å². The number of fused-ring (bicyclic) bond motifs is 3. The van der Waals surface area contributed by atoms with Crippen molar-refractivity contribution in [2.24, 2.45) is 7.05 Å². The van der Waals surface area contributed by atoms with E-state index in [1.54, 1.807) is 6.07 Å². The number of carboxylic acids is 1. The number of para-hydroxylation sites is 1. The van der Waals surface area contributed by atoms with E-state index in [1.165, 1.54) is 12.1 Å². The SMILES string of the molecule is CCNCC.CCc1c2c(nn1C)COCCCCn1c(C(=O)O)c(CCCOc3cccc4cc(F)ccc34)c3cccc-2c31. The summed E-state index contributed by atoms with van der Waals surface area (Å²) in [7, 11) is 1.96. The highest BCUT2D eigenvalue weighted by atomic mass is 19.1. The molecular formula is C37H45FN4O4. The molecule has 0 amide bonds. The van der Waals surface area contributed by atoms with Gasteiger partial charge in [0.25, 0.3) is 0 Å². The minimum atomic E-state index is -0.924. The summed E-state index contributed by atoms with van der Waals surface area (Å²) in [5, 5.41) is 21.0. The molecule has 46 heavy (non-hydrogen) atoms. The topological polar surface area (TPSA) is 90.5 Å². The lowest BCUT2D eigenvalue weighted by Crippen LogP contribution is -2.12. The number of aromatic nitrogens is 3. The molecule has 0 fully saturated rings. The third-order valence-electron chi connectivity index (χ3n) is 8.52. The molecule has 0 saturated heterocycles. The molecular weight excluding hydrogens is 583 g/mol. The Hall–Kier alpha value is -4.21. The summed E-state index contributed by atoms with van der Waals surface area (Å²) in [6, 6.07) is 16.4. The Labute approximate surface area is 270 Å². The fraction of sp³-hybridized carbons (Fsp3) is 0.405. The summed E-state index contributed by atoms with van der Waals surface area (Å²) in [5.41, 5.74) is 6.15. The molecule has 0 saturated carbocycles. The van der Waals surface area contributed by atoms with Crippen LogP contribution in [0, 0.1) is 5.82 Å². The average Bonchev–Trinajstić information content (AvgIpc) is 3.53. The summed E-state index contributed by atoms with van der Waals surface area (Å²) >= 11 is 0. The fourth-order valence-electron chi connectivity index (χ4n) is 6.52. The molecule has 2 N–H and O–H groups in total. The molecule has 5 aromatic rings. The van der Waals surface area contributed by atoms with Gasteiger partial charge in [-0.05, 0) is 80.4 Å². The van der Waals surface area contributed by atoms with Crippen LogP contribution in [-0.4, -0.2) is 51.7 Å². The molecule has 0 bridgehead atoms. The number of rotatable bonds is 9. The molecule has 0 radical (unpaired) electrons. The third-order valence-corrected chi connectivity index (χ3v) is 8.52. The van der Waals surface area contributed by atoms with Crippen LogP contribution in [-0.2, 0) is 37.8 Å². The number of hydrogen-bond acceptors (Lipinski definition) is 5. The number of aromatic carboxylic acids is 1. The van der Waals surface area contributed by atoms with E-state index in [9.17, 15) is 14.3 Å². The lowest BCUT2D eigenvalue weighted by atomic mass is 9.97. The first-order valence-electron chi connectivity index (χ1n) is 16.4. The number of ether oxygens (including phenoxy) is 2. The Balaban J connectivity index is 0.000000775. The summed E-state index contributed by atoms with van der Waals surface area (Å²) in [6.45, 7) is 10.5. The number of carboxylic acid groups (broad SMARTS) is 1. The van der Waals surface area contributed by atoms with Gasteiger partial charge in [0.2, 0.25) is 0 Å². The van der Waals surface area contributed by atoms with Crippen LogP contribution >= 0.6 is 0 Å². The Morgan fingerprint density at radius 1 is 1.07 bits per heavy atom. The third kappa shape index (κ3) is 6.95. The van der Waals surface area contributed by atoms with Crippen LogP contribution in [0.3, 0.4) is 0 Å². The monoisotopic (exact) mass is 628 g/mol. The summed E-state index contributed by atoms with van der Waals surface area (Å²) in [4.78, 5) is 12.8. The van der Waals surface area contributed by atoms with Gasteiger partial charge in [-0.1, -0.05) is 51.1 Å². The minimum absolute atomic E-state index is 0.283. The van der Waals surface area contributed by atoms with Crippen LogP contribution in [0.4, 0.5) is 4.39 Å². The average molecular weight is 629 g/mol. The first-order valence-corrected chi connectivity index (χ1v) is 16.4. The van der Waals surface area contributed by atoms with Crippen molar-refractivity contribution in [3.63, 3.8) is 0 Å². The van der Waals surface area contributed by atoms with E-state index in [0.29, 0.717) is 50.7 Å². The van der Waals surface area contributed by atoms with Gasteiger partial charge in [0.1, 0.15) is 17.3 Å². The van der Waals surface area contributed by atoms with Crippen molar-refractivity contribution in [1.82, 2.24) is 19.7 Å². The molecule has 0 spiro atoms. The van der Waals surface area contributed by atoms with Gasteiger partial charge in [-0.25, -0.2) is 9.18 Å². The van der Waals surface area contributed by atoms with Crippen molar-refractivity contribution in [3.8, 4) is 16.9 Å². The highest BCUT2D eigenvalue weighted by Gasteiger charge is 2.27. The molecule has 0 unspecified atom stereocenters. The van der Waals surface area contributed by atoms with Gasteiger partial charge in [-0.3, -0.25) is 4.68 Å². The quantitative estimate of drug-likeness (QED) is 0.164. The zero-order valence-electron chi connectivity index (χ0n) is 27.4. The number of carbonyl (C=O) groups is 1. The fourth-order valence-corrected chi connectivity index (χ4v) is 6.52. The second-order valence-corrected chi connectivity index (χ2v) is 11.5. The molecule has 244 valence electrons. The van der Waals surface area contributed by atoms with Gasteiger partial charge < -0.3 is 24.5 Å². The van der Waals surface area contributed by atoms with Crippen molar-refractivity contribution in [1.29, 1.82) is 0 Å². The van der Waals surface area contributed by atoms with Crippen LogP contribution in [0.2, 0.25) is 0 Å². The van der Waals surface area contributed by atoms with E-state index in [2.05, 4.69) is 32.2 Å². The number of nitrogens with one attached hydrogen (secondary N) is 1. The predicted octanol–water partition coefficient (Wildman–Crippen LogP) is 7.53.